The molecule has 0 bridgehead atoms. The highest BCUT2D eigenvalue weighted by Crippen LogP contribution is 2.27. The number of anilines is 1. The Kier molecular flexibility index (Phi) is 3.74. The van der Waals surface area contributed by atoms with E-state index in [9.17, 15) is 9.59 Å². The molecule has 1 aromatic carbocycles. The number of hydrogen-bond donors (Lipinski definition) is 2. The number of hydrogen-bond acceptors (Lipinski definition) is 2. The first kappa shape index (κ1) is 13.4. The Bertz CT molecular complexity index is 509. The highest BCUT2D eigenvalue weighted by atomic mass is 16.4. The van der Waals surface area contributed by atoms with Crippen LogP contribution in [0.15, 0.2) is 18.2 Å². The quantitative estimate of drug-likeness (QED) is 0.875. The maximum atomic E-state index is 12.1. The number of carbonyl (C=O) groups is 2. The first-order chi connectivity index (χ1) is 8.99. The van der Waals surface area contributed by atoms with E-state index in [1.54, 1.807) is 0 Å². The van der Waals surface area contributed by atoms with E-state index in [2.05, 4.69) is 5.32 Å². The Morgan fingerprint density at radius 2 is 2.05 bits per heavy atom. The fourth-order valence-electron chi connectivity index (χ4n) is 1.97. The summed E-state index contributed by atoms with van der Waals surface area (Å²) in [6, 6.07) is 5.41. The van der Waals surface area contributed by atoms with Crippen molar-refractivity contribution < 1.29 is 14.7 Å². The van der Waals surface area contributed by atoms with E-state index in [0.29, 0.717) is 0 Å². The van der Waals surface area contributed by atoms with Crippen LogP contribution in [0, 0.1) is 13.8 Å². The summed E-state index contributed by atoms with van der Waals surface area (Å²) in [5.41, 5.74) is 2.83. The van der Waals surface area contributed by atoms with Gasteiger partial charge in [0.1, 0.15) is 6.54 Å². The predicted molar refractivity (Wildman–Crippen MR) is 72.3 cm³/mol. The molecule has 1 aromatic rings. The van der Waals surface area contributed by atoms with Gasteiger partial charge in [-0.15, -0.1) is 0 Å². The van der Waals surface area contributed by atoms with Crippen LogP contribution in [0.3, 0.4) is 0 Å². The molecule has 0 spiro atoms. The molecule has 5 nitrogen and oxygen atoms in total. The number of rotatable bonds is 4. The lowest BCUT2D eigenvalue weighted by Crippen LogP contribution is -2.40. The van der Waals surface area contributed by atoms with E-state index in [-0.39, 0.29) is 18.6 Å². The van der Waals surface area contributed by atoms with Gasteiger partial charge in [-0.1, -0.05) is 12.1 Å². The third-order valence-electron chi connectivity index (χ3n) is 3.40. The summed E-state index contributed by atoms with van der Waals surface area (Å²) < 4.78 is 0. The fraction of sp³-hybridized carbons (Fsp3) is 0.429. The van der Waals surface area contributed by atoms with Gasteiger partial charge in [-0.3, -0.25) is 4.79 Å². The molecular formula is C14H18N2O3. The Morgan fingerprint density at radius 3 is 2.63 bits per heavy atom. The van der Waals surface area contributed by atoms with Crippen LogP contribution in [0.25, 0.3) is 0 Å². The van der Waals surface area contributed by atoms with E-state index in [1.807, 2.05) is 32.0 Å². The molecule has 2 rings (SSSR count). The monoisotopic (exact) mass is 262 g/mol. The van der Waals surface area contributed by atoms with E-state index in [4.69, 9.17) is 5.11 Å². The summed E-state index contributed by atoms with van der Waals surface area (Å²) in [6.07, 6.45) is 1.76. The van der Waals surface area contributed by atoms with Gasteiger partial charge in [0, 0.05) is 11.7 Å². The average Bonchev–Trinajstić information content (AvgIpc) is 3.16. The molecule has 2 N–H and O–H groups in total. The van der Waals surface area contributed by atoms with Gasteiger partial charge >= 0.3 is 12.0 Å². The number of aliphatic carboxylic acids is 1. The lowest BCUT2D eigenvalue weighted by atomic mass is 10.1. The molecule has 0 heterocycles. The highest BCUT2D eigenvalue weighted by Gasteiger charge is 2.34. The largest absolute Gasteiger partial charge is 0.480 e. The molecule has 5 heteroatoms. The molecule has 19 heavy (non-hydrogen) atoms. The molecule has 1 saturated carbocycles. The molecule has 2 amide bonds. The number of aryl methyl sites for hydroxylation is 1. The summed E-state index contributed by atoms with van der Waals surface area (Å²) in [7, 11) is 0. The number of carboxylic acid groups (broad SMARTS) is 1. The van der Waals surface area contributed by atoms with Crippen LogP contribution in [-0.2, 0) is 4.79 Å². The maximum absolute atomic E-state index is 12.1. The minimum absolute atomic E-state index is 0.0706. The molecule has 0 atom stereocenters. The third kappa shape index (κ3) is 3.24. The molecule has 1 aliphatic rings. The highest BCUT2D eigenvalue weighted by molar-refractivity contribution is 5.92. The molecule has 0 saturated heterocycles. The van der Waals surface area contributed by atoms with Crippen LogP contribution < -0.4 is 5.32 Å². The van der Waals surface area contributed by atoms with Crippen molar-refractivity contribution >= 4 is 17.7 Å². The predicted octanol–water partition coefficient (Wildman–Crippen LogP) is 2.38. The number of carboxylic acids is 1. The van der Waals surface area contributed by atoms with Crippen LogP contribution in [0.5, 0.6) is 0 Å². The number of benzene rings is 1. The number of urea groups is 1. The van der Waals surface area contributed by atoms with E-state index in [1.165, 1.54) is 4.90 Å². The Balaban J connectivity index is 2.10. The molecular weight excluding hydrogens is 244 g/mol. The van der Waals surface area contributed by atoms with E-state index < -0.39 is 5.97 Å². The number of amides is 2. The summed E-state index contributed by atoms with van der Waals surface area (Å²) in [6.45, 7) is 3.66. The first-order valence-corrected chi connectivity index (χ1v) is 6.34. The van der Waals surface area contributed by atoms with Crippen molar-refractivity contribution in [2.24, 2.45) is 0 Å². The van der Waals surface area contributed by atoms with Crippen LogP contribution in [0.1, 0.15) is 24.0 Å². The summed E-state index contributed by atoms with van der Waals surface area (Å²) >= 11 is 0. The number of nitrogens with zero attached hydrogens (tertiary/aromatic N) is 1. The van der Waals surface area contributed by atoms with Gasteiger partial charge in [0.15, 0.2) is 0 Å². The fourth-order valence-corrected chi connectivity index (χ4v) is 1.97. The Labute approximate surface area is 112 Å². The summed E-state index contributed by atoms with van der Waals surface area (Å²) in [5, 5.41) is 11.7. The van der Waals surface area contributed by atoms with Gasteiger partial charge in [0.05, 0.1) is 0 Å². The van der Waals surface area contributed by atoms with Crippen molar-refractivity contribution in [3.63, 3.8) is 0 Å². The van der Waals surface area contributed by atoms with Crippen molar-refractivity contribution in [2.45, 2.75) is 32.7 Å². The van der Waals surface area contributed by atoms with Crippen molar-refractivity contribution in [3.8, 4) is 0 Å². The maximum Gasteiger partial charge on any atom is 0.323 e. The van der Waals surface area contributed by atoms with E-state index >= 15 is 0 Å². The molecule has 0 unspecified atom stereocenters. The van der Waals surface area contributed by atoms with Crippen molar-refractivity contribution in [3.05, 3.63) is 29.3 Å². The van der Waals surface area contributed by atoms with Gasteiger partial charge in [-0.05, 0) is 43.9 Å². The van der Waals surface area contributed by atoms with E-state index in [0.717, 1.165) is 29.7 Å². The lowest BCUT2D eigenvalue weighted by molar-refractivity contribution is -0.137. The summed E-state index contributed by atoms with van der Waals surface area (Å²) in [5.74, 6) is -0.983. The Hall–Kier alpha value is -2.04. The van der Waals surface area contributed by atoms with Crippen molar-refractivity contribution in [1.82, 2.24) is 4.90 Å². The van der Waals surface area contributed by atoms with Gasteiger partial charge in [0.2, 0.25) is 0 Å². The second kappa shape index (κ2) is 5.30. The zero-order valence-corrected chi connectivity index (χ0v) is 11.1. The average molecular weight is 262 g/mol. The van der Waals surface area contributed by atoms with Crippen LogP contribution in [0.2, 0.25) is 0 Å². The van der Waals surface area contributed by atoms with Gasteiger partial charge in [-0.2, -0.15) is 0 Å². The Morgan fingerprint density at radius 1 is 1.37 bits per heavy atom. The smallest absolute Gasteiger partial charge is 0.323 e. The number of carbonyl (C=O) groups excluding carboxylic acids is 1. The second-order valence-electron chi connectivity index (χ2n) is 4.93. The number of nitrogens with one attached hydrogen (secondary N) is 1. The molecule has 0 aliphatic heterocycles. The van der Waals surface area contributed by atoms with Crippen LogP contribution >= 0.6 is 0 Å². The zero-order chi connectivity index (χ0) is 14.0. The zero-order valence-electron chi connectivity index (χ0n) is 11.1. The molecule has 1 fully saturated rings. The van der Waals surface area contributed by atoms with Gasteiger partial charge < -0.3 is 15.3 Å². The van der Waals surface area contributed by atoms with Gasteiger partial charge in [0.25, 0.3) is 0 Å². The SMILES string of the molecule is Cc1cccc(NC(=O)N(CC(=O)O)C2CC2)c1C. The molecule has 102 valence electrons. The van der Waals surface area contributed by atoms with Crippen molar-refractivity contribution in [2.75, 3.05) is 11.9 Å². The minimum Gasteiger partial charge on any atom is -0.480 e. The molecule has 0 radical (unpaired) electrons. The van der Waals surface area contributed by atoms with Crippen LogP contribution in [0.4, 0.5) is 10.5 Å². The van der Waals surface area contributed by atoms with Crippen LogP contribution in [-0.4, -0.2) is 34.6 Å². The minimum atomic E-state index is -0.983. The standard InChI is InChI=1S/C14H18N2O3/c1-9-4-3-5-12(10(9)2)15-14(19)16(8-13(17)18)11-6-7-11/h3-5,11H,6-8H2,1-2H3,(H,15,19)(H,17,18). The third-order valence-corrected chi connectivity index (χ3v) is 3.40. The topological polar surface area (TPSA) is 69.6 Å². The van der Waals surface area contributed by atoms with Crippen molar-refractivity contribution in [1.29, 1.82) is 0 Å². The molecule has 0 aromatic heterocycles. The summed E-state index contributed by atoms with van der Waals surface area (Å²) in [4.78, 5) is 24.3. The first-order valence-electron chi connectivity index (χ1n) is 6.34. The molecule has 1 aliphatic carbocycles. The van der Waals surface area contributed by atoms with Gasteiger partial charge in [-0.25, -0.2) is 4.79 Å². The second-order valence-corrected chi connectivity index (χ2v) is 4.93. The normalized spacial score (nSPS) is 14.0. The lowest BCUT2D eigenvalue weighted by Gasteiger charge is -2.21.